The van der Waals surface area contributed by atoms with Gasteiger partial charge in [-0.3, -0.25) is 0 Å². The van der Waals surface area contributed by atoms with Gasteiger partial charge in [-0.1, -0.05) is 36.4 Å². The van der Waals surface area contributed by atoms with Gasteiger partial charge >= 0.3 is 0 Å². The number of benzene rings is 1. The second kappa shape index (κ2) is 6.38. The van der Waals surface area contributed by atoms with E-state index in [1.54, 1.807) is 14.2 Å². The van der Waals surface area contributed by atoms with Gasteiger partial charge in [0, 0.05) is 26.6 Å². The summed E-state index contributed by atoms with van der Waals surface area (Å²) in [4.78, 5) is 0. The van der Waals surface area contributed by atoms with Crippen LogP contribution in [0.1, 0.15) is 17.9 Å². The van der Waals surface area contributed by atoms with E-state index in [4.69, 9.17) is 9.47 Å². The monoisotopic (exact) mass is 206 g/mol. The first-order chi connectivity index (χ1) is 7.31. The van der Waals surface area contributed by atoms with Gasteiger partial charge in [-0.05, 0) is 5.56 Å². The van der Waals surface area contributed by atoms with Crippen LogP contribution in [0, 0.1) is 0 Å². The van der Waals surface area contributed by atoms with E-state index in [0.29, 0.717) is 0 Å². The Labute approximate surface area is 91.5 Å². The molecule has 0 radical (unpaired) electrons. The van der Waals surface area contributed by atoms with E-state index in [2.05, 4.69) is 18.7 Å². The largest absolute Gasteiger partial charge is 0.356 e. The van der Waals surface area contributed by atoms with E-state index < -0.39 is 0 Å². The molecule has 0 saturated carbocycles. The molecule has 0 saturated heterocycles. The molecule has 15 heavy (non-hydrogen) atoms. The molecule has 1 atom stereocenters. The van der Waals surface area contributed by atoms with Crippen molar-refractivity contribution in [2.24, 2.45) is 0 Å². The van der Waals surface area contributed by atoms with E-state index in [1.165, 1.54) is 5.56 Å². The van der Waals surface area contributed by atoms with Gasteiger partial charge < -0.3 is 9.47 Å². The van der Waals surface area contributed by atoms with E-state index in [0.717, 1.165) is 6.42 Å². The fourth-order valence-electron chi connectivity index (χ4n) is 1.56. The Morgan fingerprint density at radius 1 is 1.20 bits per heavy atom. The molecule has 0 aliphatic heterocycles. The lowest BCUT2D eigenvalue weighted by molar-refractivity contribution is -0.107. The van der Waals surface area contributed by atoms with Crippen molar-refractivity contribution in [3.05, 3.63) is 48.6 Å². The first-order valence-electron chi connectivity index (χ1n) is 5.05. The van der Waals surface area contributed by atoms with Gasteiger partial charge in [0.25, 0.3) is 0 Å². The van der Waals surface area contributed by atoms with Crippen molar-refractivity contribution in [1.29, 1.82) is 0 Å². The Bertz CT molecular complexity index is 278. The Balaban J connectivity index is 2.68. The Morgan fingerprint density at radius 2 is 1.80 bits per heavy atom. The van der Waals surface area contributed by atoms with Crippen molar-refractivity contribution in [2.75, 3.05) is 14.2 Å². The highest BCUT2D eigenvalue weighted by molar-refractivity contribution is 5.23. The van der Waals surface area contributed by atoms with Gasteiger partial charge in [0.1, 0.15) is 0 Å². The third-order valence-corrected chi connectivity index (χ3v) is 2.48. The van der Waals surface area contributed by atoms with Gasteiger partial charge in [0.15, 0.2) is 6.29 Å². The van der Waals surface area contributed by atoms with Crippen LogP contribution in [0.15, 0.2) is 43.0 Å². The van der Waals surface area contributed by atoms with Crippen molar-refractivity contribution < 1.29 is 9.47 Å². The van der Waals surface area contributed by atoms with Gasteiger partial charge in [0.05, 0.1) is 0 Å². The summed E-state index contributed by atoms with van der Waals surface area (Å²) in [6, 6.07) is 10.2. The summed E-state index contributed by atoms with van der Waals surface area (Å²) in [5, 5.41) is 0. The summed E-state index contributed by atoms with van der Waals surface area (Å²) < 4.78 is 10.4. The van der Waals surface area contributed by atoms with Crippen LogP contribution in [0.3, 0.4) is 0 Å². The lowest BCUT2D eigenvalue weighted by Gasteiger charge is -2.19. The molecule has 0 spiro atoms. The number of rotatable bonds is 6. The van der Waals surface area contributed by atoms with E-state index in [1.807, 2.05) is 24.3 Å². The Kier molecular flexibility index (Phi) is 5.08. The topological polar surface area (TPSA) is 18.5 Å². The summed E-state index contributed by atoms with van der Waals surface area (Å²) in [7, 11) is 3.30. The van der Waals surface area contributed by atoms with Gasteiger partial charge in [-0.15, -0.1) is 6.58 Å². The van der Waals surface area contributed by atoms with E-state index in [-0.39, 0.29) is 12.2 Å². The van der Waals surface area contributed by atoms with Crippen LogP contribution < -0.4 is 0 Å². The van der Waals surface area contributed by atoms with Crippen LogP contribution in [0.25, 0.3) is 0 Å². The quantitative estimate of drug-likeness (QED) is 0.526. The Morgan fingerprint density at radius 3 is 2.27 bits per heavy atom. The zero-order chi connectivity index (χ0) is 11.1. The Hall–Kier alpha value is -1.12. The molecule has 1 aromatic rings. The molecular formula is C13H18O2. The van der Waals surface area contributed by atoms with Crippen LogP contribution in [-0.2, 0) is 9.47 Å². The molecule has 0 aliphatic rings. The first-order valence-corrected chi connectivity index (χ1v) is 5.05. The molecular weight excluding hydrogens is 188 g/mol. The third-order valence-electron chi connectivity index (χ3n) is 2.48. The predicted octanol–water partition coefficient (Wildman–Crippen LogP) is 2.97. The van der Waals surface area contributed by atoms with Gasteiger partial charge in [-0.25, -0.2) is 0 Å². The van der Waals surface area contributed by atoms with Gasteiger partial charge in [-0.2, -0.15) is 0 Å². The van der Waals surface area contributed by atoms with Crippen molar-refractivity contribution in [3.63, 3.8) is 0 Å². The maximum absolute atomic E-state index is 5.18. The average Bonchev–Trinajstić information content (AvgIpc) is 2.32. The lowest BCUT2D eigenvalue weighted by Crippen LogP contribution is -2.16. The summed E-state index contributed by atoms with van der Waals surface area (Å²) in [6.45, 7) is 3.85. The van der Waals surface area contributed by atoms with Crippen molar-refractivity contribution in [2.45, 2.75) is 18.6 Å². The number of allylic oxidation sites excluding steroid dienone is 1. The van der Waals surface area contributed by atoms with Gasteiger partial charge in [0.2, 0.25) is 0 Å². The van der Waals surface area contributed by atoms with E-state index >= 15 is 0 Å². The SMILES string of the molecule is C=CC(CC(OC)OC)c1ccccc1. The van der Waals surface area contributed by atoms with E-state index in [9.17, 15) is 0 Å². The molecule has 0 amide bonds. The first kappa shape index (κ1) is 12.0. The maximum Gasteiger partial charge on any atom is 0.157 e. The zero-order valence-corrected chi connectivity index (χ0v) is 9.35. The van der Waals surface area contributed by atoms with Crippen LogP contribution in [0.2, 0.25) is 0 Å². The molecule has 0 fully saturated rings. The molecule has 0 bridgehead atoms. The molecule has 1 rings (SSSR count). The minimum absolute atomic E-state index is 0.173. The minimum atomic E-state index is -0.173. The molecule has 82 valence electrons. The molecule has 2 nitrogen and oxygen atoms in total. The molecule has 1 unspecified atom stereocenters. The zero-order valence-electron chi connectivity index (χ0n) is 9.35. The summed E-state index contributed by atoms with van der Waals surface area (Å²) in [5.74, 6) is 0.274. The molecule has 0 aliphatic carbocycles. The number of methoxy groups -OCH3 is 2. The van der Waals surface area contributed by atoms with Crippen LogP contribution in [0.5, 0.6) is 0 Å². The maximum atomic E-state index is 5.18. The normalized spacial score (nSPS) is 12.7. The molecule has 1 aromatic carbocycles. The fourth-order valence-corrected chi connectivity index (χ4v) is 1.56. The fraction of sp³-hybridized carbons (Fsp3) is 0.385. The van der Waals surface area contributed by atoms with Crippen LogP contribution >= 0.6 is 0 Å². The number of hydrogen-bond acceptors (Lipinski definition) is 2. The third kappa shape index (κ3) is 3.50. The second-order valence-electron chi connectivity index (χ2n) is 3.39. The highest BCUT2D eigenvalue weighted by Crippen LogP contribution is 2.23. The summed E-state index contributed by atoms with van der Waals surface area (Å²) in [5.41, 5.74) is 1.24. The van der Waals surface area contributed by atoms with Crippen molar-refractivity contribution in [1.82, 2.24) is 0 Å². The molecule has 0 N–H and O–H groups in total. The lowest BCUT2D eigenvalue weighted by atomic mass is 9.96. The number of hydrogen-bond donors (Lipinski definition) is 0. The average molecular weight is 206 g/mol. The standard InChI is InChI=1S/C13H18O2/c1-4-11(10-13(14-2)15-3)12-8-6-5-7-9-12/h4-9,11,13H,1,10H2,2-3H3. The highest BCUT2D eigenvalue weighted by Gasteiger charge is 2.14. The highest BCUT2D eigenvalue weighted by atomic mass is 16.7. The summed E-state index contributed by atoms with van der Waals surface area (Å²) in [6.07, 6.45) is 2.55. The minimum Gasteiger partial charge on any atom is -0.356 e. The second-order valence-corrected chi connectivity index (χ2v) is 3.39. The van der Waals surface area contributed by atoms with Crippen molar-refractivity contribution >= 4 is 0 Å². The predicted molar refractivity (Wildman–Crippen MR) is 61.8 cm³/mol. The number of ether oxygens (including phenoxy) is 2. The summed E-state index contributed by atoms with van der Waals surface area (Å²) >= 11 is 0. The molecule has 0 aromatic heterocycles. The smallest absolute Gasteiger partial charge is 0.157 e. The van der Waals surface area contributed by atoms with Crippen molar-refractivity contribution in [3.8, 4) is 0 Å². The van der Waals surface area contributed by atoms with Crippen LogP contribution in [0.4, 0.5) is 0 Å². The molecule has 2 heteroatoms. The molecule has 0 heterocycles. The van der Waals surface area contributed by atoms with Crippen LogP contribution in [-0.4, -0.2) is 20.5 Å².